The van der Waals surface area contributed by atoms with Gasteiger partial charge in [-0.25, -0.2) is 14.8 Å². The number of urea groups is 1. The molecule has 25 heavy (non-hydrogen) atoms. The second-order valence-corrected chi connectivity index (χ2v) is 6.34. The maximum Gasteiger partial charge on any atom is 0.323 e. The number of rotatable bonds is 4. The summed E-state index contributed by atoms with van der Waals surface area (Å²) in [6.07, 6.45) is 4.17. The van der Waals surface area contributed by atoms with Crippen LogP contribution in [-0.4, -0.2) is 54.2 Å². The quantitative estimate of drug-likeness (QED) is 0.925. The van der Waals surface area contributed by atoms with Crippen molar-refractivity contribution in [1.29, 1.82) is 0 Å². The zero-order chi connectivity index (χ0) is 17.8. The molecule has 1 unspecified atom stereocenters. The van der Waals surface area contributed by atoms with Crippen LogP contribution in [0.3, 0.4) is 0 Å². The molecule has 0 aromatic carbocycles. The van der Waals surface area contributed by atoms with Crippen LogP contribution in [0.1, 0.15) is 12.0 Å². The molecule has 1 saturated heterocycles. The summed E-state index contributed by atoms with van der Waals surface area (Å²) in [5.74, 6) is 2.09. The first kappa shape index (κ1) is 17.0. The smallest absolute Gasteiger partial charge is 0.323 e. The number of hydrogen-bond acceptors (Lipinski definition) is 5. The summed E-state index contributed by atoms with van der Waals surface area (Å²) >= 11 is 0. The zero-order valence-electron chi connectivity index (χ0n) is 14.8. The monoisotopic (exact) mass is 341 g/mol. The maximum absolute atomic E-state index is 12.4. The number of anilines is 2. The van der Waals surface area contributed by atoms with Gasteiger partial charge in [0.1, 0.15) is 11.9 Å². The number of hydrogen-bond donors (Lipinski definition) is 1. The van der Waals surface area contributed by atoms with Crippen LogP contribution in [-0.2, 0) is 0 Å². The molecule has 0 aliphatic carbocycles. The summed E-state index contributed by atoms with van der Waals surface area (Å²) in [6, 6.07) is 7.35. The number of nitrogens with zero attached hydrogens (tertiary/aromatic N) is 4. The van der Waals surface area contributed by atoms with Gasteiger partial charge in [0.05, 0.1) is 6.54 Å². The number of amides is 2. The summed E-state index contributed by atoms with van der Waals surface area (Å²) < 4.78 is 6.08. The third kappa shape index (κ3) is 4.17. The van der Waals surface area contributed by atoms with Crippen molar-refractivity contribution in [1.82, 2.24) is 14.9 Å². The highest BCUT2D eigenvalue weighted by atomic mass is 16.5. The third-order valence-electron chi connectivity index (χ3n) is 4.05. The molecule has 3 heterocycles. The molecule has 3 rings (SSSR count). The SMILES string of the molecule is Cc1ccnc(NC(=O)N2CCC(Oc3cccnc3N(C)C)C2)c1. The van der Waals surface area contributed by atoms with Crippen molar-refractivity contribution in [3.05, 3.63) is 42.2 Å². The number of nitrogens with one attached hydrogen (secondary N) is 1. The summed E-state index contributed by atoms with van der Waals surface area (Å²) in [4.78, 5) is 24.6. The molecule has 2 amide bonds. The Morgan fingerprint density at radius 1 is 1.32 bits per heavy atom. The fourth-order valence-electron chi connectivity index (χ4n) is 2.79. The van der Waals surface area contributed by atoms with E-state index in [1.54, 1.807) is 17.3 Å². The van der Waals surface area contributed by atoms with Gasteiger partial charge < -0.3 is 14.5 Å². The largest absolute Gasteiger partial charge is 0.485 e. The van der Waals surface area contributed by atoms with Crippen molar-refractivity contribution in [2.24, 2.45) is 0 Å². The van der Waals surface area contributed by atoms with Crippen LogP contribution in [0.5, 0.6) is 5.75 Å². The molecular weight excluding hydrogens is 318 g/mol. The number of carbonyl (C=O) groups excluding carboxylic acids is 1. The van der Waals surface area contributed by atoms with Crippen molar-refractivity contribution < 1.29 is 9.53 Å². The highest BCUT2D eigenvalue weighted by molar-refractivity contribution is 5.88. The van der Waals surface area contributed by atoms with Crippen LogP contribution in [0.15, 0.2) is 36.7 Å². The summed E-state index contributed by atoms with van der Waals surface area (Å²) in [5, 5.41) is 2.84. The fourth-order valence-corrected chi connectivity index (χ4v) is 2.79. The minimum Gasteiger partial charge on any atom is -0.485 e. The van der Waals surface area contributed by atoms with Crippen LogP contribution < -0.4 is 15.0 Å². The van der Waals surface area contributed by atoms with E-state index < -0.39 is 0 Å². The van der Waals surface area contributed by atoms with E-state index in [4.69, 9.17) is 4.74 Å². The van der Waals surface area contributed by atoms with Crippen LogP contribution in [0, 0.1) is 6.92 Å². The predicted octanol–water partition coefficient (Wildman–Crippen LogP) is 2.54. The third-order valence-corrected chi connectivity index (χ3v) is 4.05. The first-order valence-electron chi connectivity index (χ1n) is 8.30. The Labute approximate surface area is 147 Å². The lowest BCUT2D eigenvalue weighted by atomic mass is 10.3. The van der Waals surface area contributed by atoms with Crippen LogP contribution in [0.2, 0.25) is 0 Å². The number of pyridine rings is 2. The average molecular weight is 341 g/mol. The van der Waals surface area contributed by atoms with Crippen molar-refractivity contribution in [3.8, 4) is 5.75 Å². The molecule has 2 aromatic rings. The van der Waals surface area contributed by atoms with Crippen LogP contribution in [0.25, 0.3) is 0 Å². The highest BCUT2D eigenvalue weighted by Crippen LogP contribution is 2.26. The first-order chi connectivity index (χ1) is 12.0. The summed E-state index contributed by atoms with van der Waals surface area (Å²) in [7, 11) is 3.86. The Kier molecular flexibility index (Phi) is 5.02. The molecule has 0 saturated carbocycles. The lowest BCUT2D eigenvalue weighted by Gasteiger charge is -2.20. The molecule has 1 fully saturated rings. The van der Waals surface area contributed by atoms with Gasteiger partial charge in [0, 0.05) is 39.5 Å². The summed E-state index contributed by atoms with van der Waals surface area (Å²) in [5.41, 5.74) is 1.06. The van der Waals surface area contributed by atoms with E-state index in [1.165, 1.54) is 0 Å². The molecule has 1 N–H and O–H groups in total. The van der Waals surface area contributed by atoms with Gasteiger partial charge in [-0.2, -0.15) is 0 Å². The van der Waals surface area contributed by atoms with Crippen molar-refractivity contribution in [3.63, 3.8) is 0 Å². The van der Waals surface area contributed by atoms with Crippen LogP contribution in [0.4, 0.5) is 16.4 Å². The number of carbonyl (C=O) groups is 1. The van der Waals surface area contributed by atoms with Crippen LogP contribution >= 0.6 is 0 Å². The van der Waals surface area contributed by atoms with Gasteiger partial charge >= 0.3 is 6.03 Å². The lowest BCUT2D eigenvalue weighted by molar-refractivity contribution is 0.195. The molecular formula is C18H23N5O2. The number of likely N-dealkylation sites (tertiary alicyclic amines) is 1. The van der Waals surface area contributed by atoms with E-state index in [0.717, 1.165) is 23.6 Å². The second kappa shape index (κ2) is 7.38. The van der Waals surface area contributed by atoms with E-state index in [9.17, 15) is 4.79 Å². The van der Waals surface area contributed by atoms with E-state index in [1.807, 2.05) is 50.2 Å². The van der Waals surface area contributed by atoms with Gasteiger partial charge in [-0.3, -0.25) is 5.32 Å². The topological polar surface area (TPSA) is 70.6 Å². The Bertz CT molecular complexity index is 750. The Morgan fingerprint density at radius 2 is 2.16 bits per heavy atom. The fraction of sp³-hybridized carbons (Fsp3) is 0.389. The van der Waals surface area contributed by atoms with Gasteiger partial charge in [0.25, 0.3) is 0 Å². The molecule has 0 bridgehead atoms. The molecule has 132 valence electrons. The molecule has 2 aromatic heterocycles. The summed E-state index contributed by atoms with van der Waals surface area (Å²) in [6.45, 7) is 3.16. The van der Waals surface area contributed by atoms with Gasteiger partial charge in [-0.15, -0.1) is 0 Å². The van der Waals surface area contributed by atoms with Gasteiger partial charge in [0.2, 0.25) is 0 Å². The van der Waals surface area contributed by atoms with E-state index >= 15 is 0 Å². The van der Waals surface area contributed by atoms with E-state index in [-0.39, 0.29) is 12.1 Å². The van der Waals surface area contributed by atoms with E-state index in [2.05, 4.69) is 15.3 Å². The van der Waals surface area contributed by atoms with Gasteiger partial charge in [0.15, 0.2) is 11.6 Å². The van der Waals surface area contributed by atoms with Crippen molar-refractivity contribution >= 4 is 17.7 Å². The Hall–Kier alpha value is -2.83. The number of aromatic nitrogens is 2. The zero-order valence-corrected chi connectivity index (χ0v) is 14.8. The standard InChI is InChI=1S/C18H23N5O2/c1-13-6-9-19-16(11-13)21-18(24)23-10-7-14(12-23)25-15-5-4-8-20-17(15)22(2)3/h4-6,8-9,11,14H,7,10,12H2,1-3H3,(H,19,21,24). The number of aryl methyl sites for hydroxylation is 1. The van der Waals surface area contributed by atoms with Crippen molar-refractivity contribution in [2.75, 3.05) is 37.4 Å². The molecule has 1 aliphatic heterocycles. The highest BCUT2D eigenvalue weighted by Gasteiger charge is 2.28. The Balaban J connectivity index is 1.59. The van der Waals surface area contributed by atoms with E-state index in [0.29, 0.717) is 18.9 Å². The Morgan fingerprint density at radius 3 is 2.92 bits per heavy atom. The molecule has 1 aliphatic rings. The molecule has 0 radical (unpaired) electrons. The first-order valence-corrected chi connectivity index (χ1v) is 8.30. The normalized spacial score (nSPS) is 16.6. The average Bonchev–Trinajstić information content (AvgIpc) is 3.04. The molecule has 7 heteroatoms. The minimum absolute atomic E-state index is 0.0425. The van der Waals surface area contributed by atoms with Gasteiger partial charge in [-0.05, 0) is 36.8 Å². The minimum atomic E-state index is -0.150. The molecule has 7 nitrogen and oxygen atoms in total. The predicted molar refractivity (Wildman–Crippen MR) is 97.2 cm³/mol. The van der Waals surface area contributed by atoms with Gasteiger partial charge in [-0.1, -0.05) is 0 Å². The second-order valence-electron chi connectivity index (χ2n) is 6.34. The number of ether oxygens (including phenoxy) is 1. The lowest BCUT2D eigenvalue weighted by Crippen LogP contribution is -2.34. The maximum atomic E-state index is 12.4. The molecule has 0 spiro atoms. The molecule has 1 atom stereocenters. The van der Waals surface area contributed by atoms with Crippen molar-refractivity contribution in [2.45, 2.75) is 19.4 Å².